The van der Waals surface area contributed by atoms with E-state index in [-0.39, 0.29) is 14.8 Å². The summed E-state index contributed by atoms with van der Waals surface area (Å²) in [6.07, 6.45) is 0. The van der Waals surface area contributed by atoms with E-state index in [2.05, 4.69) is 4.72 Å². The number of nitrogens with zero attached hydrogens (tertiary/aromatic N) is 1. The van der Waals surface area contributed by atoms with Crippen LogP contribution in [0.25, 0.3) is 0 Å². The molecule has 1 aromatic carbocycles. The van der Waals surface area contributed by atoms with Gasteiger partial charge in [0, 0.05) is 13.1 Å². The zero-order chi connectivity index (χ0) is 19.7. The Bertz CT molecular complexity index is 1010. The fraction of sp³-hybridized carbons (Fsp3) is 0.375. The summed E-state index contributed by atoms with van der Waals surface area (Å²) in [5.41, 5.74) is 1.58. The summed E-state index contributed by atoms with van der Waals surface area (Å²) in [7, 11) is -7.55. The number of hydrogen-bond acceptors (Lipinski definition) is 5. The Kier molecular flexibility index (Phi) is 6.40. The number of sulfonamides is 2. The lowest BCUT2D eigenvalue weighted by atomic mass is 10.1. The van der Waals surface area contributed by atoms with E-state index < -0.39 is 20.0 Å². The summed E-state index contributed by atoms with van der Waals surface area (Å²) in [6, 6.07) is 5.83. The van der Waals surface area contributed by atoms with E-state index in [1.807, 2.05) is 0 Å². The monoisotopic (exact) mass is 436 g/mol. The Labute approximate surface area is 163 Å². The van der Waals surface area contributed by atoms with Gasteiger partial charge in [-0.05, 0) is 49.2 Å². The van der Waals surface area contributed by atoms with Crippen LogP contribution in [0.15, 0.2) is 33.4 Å². The fourth-order valence-electron chi connectivity index (χ4n) is 2.43. The van der Waals surface area contributed by atoms with E-state index >= 15 is 0 Å². The Hall–Kier alpha value is -1.13. The van der Waals surface area contributed by atoms with Crippen molar-refractivity contribution in [1.29, 1.82) is 0 Å². The van der Waals surface area contributed by atoms with Crippen molar-refractivity contribution in [3.8, 4) is 0 Å². The lowest BCUT2D eigenvalue weighted by Crippen LogP contribution is -2.30. The van der Waals surface area contributed by atoms with Gasteiger partial charge in [-0.1, -0.05) is 25.4 Å². The number of halogens is 1. The van der Waals surface area contributed by atoms with Crippen molar-refractivity contribution >= 4 is 48.7 Å². The first-order chi connectivity index (χ1) is 12.0. The molecule has 6 nitrogen and oxygen atoms in total. The predicted molar refractivity (Wildman–Crippen MR) is 106 cm³/mol. The summed E-state index contributed by atoms with van der Waals surface area (Å²) in [5, 5.41) is 0. The van der Waals surface area contributed by atoms with Gasteiger partial charge in [-0.25, -0.2) is 16.8 Å². The molecule has 10 heteroatoms. The number of rotatable bonds is 7. The van der Waals surface area contributed by atoms with Gasteiger partial charge in [0.15, 0.2) is 0 Å². The SMILES string of the molecule is CCN(CC)S(=O)(=O)c1cc(C)c(C)c(NS(=O)(=O)c2ccc(Cl)s2)c1. The summed E-state index contributed by atoms with van der Waals surface area (Å²) >= 11 is 6.75. The van der Waals surface area contributed by atoms with E-state index in [1.54, 1.807) is 33.8 Å². The van der Waals surface area contributed by atoms with Crippen LogP contribution in [0.1, 0.15) is 25.0 Å². The molecule has 0 aliphatic rings. The van der Waals surface area contributed by atoms with E-state index in [4.69, 9.17) is 11.6 Å². The Balaban J connectivity index is 2.52. The van der Waals surface area contributed by atoms with Crippen molar-refractivity contribution in [3.05, 3.63) is 39.7 Å². The number of benzene rings is 1. The molecule has 0 unspecified atom stereocenters. The van der Waals surface area contributed by atoms with Gasteiger partial charge in [-0.2, -0.15) is 4.31 Å². The van der Waals surface area contributed by atoms with Crippen LogP contribution >= 0.6 is 22.9 Å². The maximum atomic E-state index is 12.8. The van der Waals surface area contributed by atoms with Crippen LogP contribution in [0.5, 0.6) is 0 Å². The van der Waals surface area contributed by atoms with Crippen LogP contribution in [0.4, 0.5) is 5.69 Å². The van der Waals surface area contributed by atoms with Crippen LogP contribution in [0.3, 0.4) is 0 Å². The first-order valence-electron chi connectivity index (χ1n) is 7.92. The third kappa shape index (κ3) is 4.23. The van der Waals surface area contributed by atoms with Gasteiger partial charge >= 0.3 is 0 Å². The molecule has 0 aliphatic carbocycles. The second-order valence-corrected chi connectivity index (χ2v) is 11.2. The Morgan fingerprint density at radius 2 is 1.69 bits per heavy atom. The highest BCUT2D eigenvalue weighted by molar-refractivity contribution is 7.94. The molecule has 0 saturated heterocycles. The summed E-state index contributed by atoms with van der Waals surface area (Å²) in [5.74, 6) is 0. The van der Waals surface area contributed by atoms with Crippen molar-refractivity contribution in [3.63, 3.8) is 0 Å². The van der Waals surface area contributed by atoms with Crippen molar-refractivity contribution in [2.45, 2.75) is 36.8 Å². The molecule has 1 N–H and O–H groups in total. The highest BCUT2D eigenvalue weighted by Gasteiger charge is 2.25. The van der Waals surface area contributed by atoms with Gasteiger partial charge in [-0.3, -0.25) is 4.72 Å². The normalized spacial score (nSPS) is 12.5. The highest BCUT2D eigenvalue weighted by atomic mass is 35.5. The van der Waals surface area contributed by atoms with Crippen molar-refractivity contribution in [2.24, 2.45) is 0 Å². The van der Waals surface area contributed by atoms with Crippen LogP contribution in [0.2, 0.25) is 4.34 Å². The van der Waals surface area contributed by atoms with Crippen molar-refractivity contribution in [1.82, 2.24) is 4.31 Å². The number of aryl methyl sites for hydroxylation is 1. The molecule has 26 heavy (non-hydrogen) atoms. The fourth-order valence-corrected chi connectivity index (χ4v) is 6.60. The molecule has 2 aromatic rings. The molecule has 1 heterocycles. The summed E-state index contributed by atoms with van der Waals surface area (Å²) < 4.78 is 54.9. The first kappa shape index (κ1) is 21.2. The molecular weight excluding hydrogens is 416 g/mol. The second kappa shape index (κ2) is 7.85. The van der Waals surface area contributed by atoms with Gasteiger partial charge in [-0.15, -0.1) is 11.3 Å². The van der Waals surface area contributed by atoms with Crippen LogP contribution in [-0.4, -0.2) is 34.2 Å². The Morgan fingerprint density at radius 3 is 2.19 bits per heavy atom. The molecular formula is C16H21ClN2O4S3. The minimum Gasteiger partial charge on any atom is -0.279 e. The molecule has 1 aromatic heterocycles. The van der Waals surface area contributed by atoms with Gasteiger partial charge in [0.2, 0.25) is 10.0 Å². The third-order valence-corrected chi connectivity index (χ3v) is 9.16. The molecule has 0 saturated carbocycles. The molecule has 0 bridgehead atoms. The van der Waals surface area contributed by atoms with Crippen LogP contribution in [0, 0.1) is 13.8 Å². The maximum absolute atomic E-state index is 12.8. The van der Waals surface area contributed by atoms with Gasteiger partial charge in [0.1, 0.15) is 4.21 Å². The molecule has 0 atom stereocenters. The van der Waals surface area contributed by atoms with Crippen LogP contribution in [-0.2, 0) is 20.0 Å². The van der Waals surface area contributed by atoms with E-state index in [1.165, 1.54) is 22.5 Å². The molecule has 0 spiro atoms. The average Bonchev–Trinajstić information content (AvgIpc) is 2.99. The smallest absolute Gasteiger partial charge is 0.271 e. The largest absolute Gasteiger partial charge is 0.279 e. The first-order valence-corrected chi connectivity index (χ1v) is 12.0. The number of anilines is 1. The van der Waals surface area contributed by atoms with Crippen LogP contribution < -0.4 is 4.72 Å². The van der Waals surface area contributed by atoms with Gasteiger partial charge in [0.05, 0.1) is 14.9 Å². The number of thiophene rings is 1. The second-order valence-electron chi connectivity index (χ2n) is 5.67. The van der Waals surface area contributed by atoms with E-state index in [9.17, 15) is 16.8 Å². The number of hydrogen-bond donors (Lipinski definition) is 1. The van der Waals surface area contributed by atoms with E-state index in [0.29, 0.717) is 28.6 Å². The minimum atomic E-state index is -3.85. The molecule has 0 aliphatic heterocycles. The quantitative estimate of drug-likeness (QED) is 0.714. The summed E-state index contributed by atoms with van der Waals surface area (Å²) in [6.45, 7) is 7.66. The predicted octanol–water partition coefficient (Wildman–Crippen LogP) is 3.85. The topological polar surface area (TPSA) is 83.6 Å². The zero-order valence-corrected chi connectivity index (χ0v) is 18.1. The maximum Gasteiger partial charge on any atom is 0.271 e. The molecule has 144 valence electrons. The highest BCUT2D eigenvalue weighted by Crippen LogP contribution is 2.31. The van der Waals surface area contributed by atoms with Crippen molar-refractivity contribution < 1.29 is 16.8 Å². The summed E-state index contributed by atoms with van der Waals surface area (Å²) in [4.78, 5) is 0.0613. The number of nitrogens with one attached hydrogen (secondary N) is 1. The molecule has 0 radical (unpaired) electrons. The van der Waals surface area contributed by atoms with Crippen molar-refractivity contribution in [2.75, 3.05) is 17.8 Å². The van der Waals surface area contributed by atoms with Gasteiger partial charge in [0.25, 0.3) is 10.0 Å². The molecule has 0 fully saturated rings. The van der Waals surface area contributed by atoms with Gasteiger partial charge < -0.3 is 0 Å². The Morgan fingerprint density at radius 1 is 1.08 bits per heavy atom. The minimum absolute atomic E-state index is 0.0613. The molecule has 2 rings (SSSR count). The lowest BCUT2D eigenvalue weighted by molar-refractivity contribution is 0.445. The lowest BCUT2D eigenvalue weighted by Gasteiger charge is -2.20. The molecule has 0 amide bonds. The standard InChI is InChI=1S/C16H21ClN2O4S3/c1-5-19(6-2)26(22,23)13-9-11(3)12(4)14(10-13)18-25(20,21)16-8-7-15(17)24-16/h7-10,18H,5-6H2,1-4H3. The zero-order valence-electron chi connectivity index (χ0n) is 14.9. The van der Waals surface area contributed by atoms with E-state index in [0.717, 1.165) is 11.3 Å². The average molecular weight is 437 g/mol. The third-order valence-electron chi connectivity index (χ3n) is 4.04.